The number of rotatable bonds is 5. The Morgan fingerprint density at radius 2 is 2.25 bits per heavy atom. The van der Waals surface area contributed by atoms with Crippen LogP contribution in [0.1, 0.15) is 12.8 Å². The van der Waals surface area contributed by atoms with E-state index in [1.54, 1.807) is 0 Å². The Balaban J connectivity index is 2.62. The molecule has 48 valence electrons. The van der Waals surface area contributed by atoms with Gasteiger partial charge in [0.25, 0.3) is 0 Å². The molecule has 0 heterocycles. The smallest absolute Gasteiger partial charge is 0.207 e. The minimum absolute atomic E-state index is 0.705. The lowest BCUT2D eigenvalue weighted by molar-refractivity contribution is -0.109. The summed E-state index contributed by atoms with van der Waals surface area (Å²) in [5.74, 6) is 0. The molecule has 0 atom stereocenters. The summed E-state index contributed by atoms with van der Waals surface area (Å²) in [4.78, 5) is 9.63. The van der Waals surface area contributed by atoms with E-state index in [4.69, 9.17) is 5.73 Å². The van der Waals surface area contributed by atoms with Crippen molar-refractivity contribution in [2.24, 2.45) is 5.73 Å². The van der Waals surface area contributed by atoms with Gasteiger partial charge in [-0.25, -0.2) is 0 Å². The van der Waals surface area contributed by atoms with Crippen LogP contribution in [0.15, 0.2) is 0 Å². The van der Waals surface area contributed by atoms with Gasteiger partial charge in [0.1, 0.15) is 0 Å². The number of carbonyl (C=O) groups excluding carboxylic acids is 1. The van der Waals surface area contributed by atoms with Gasteiger partial charge in [0.2, 0.25) is 6.41 Å². The Morgan fingerprint density at radius 3 is 2.75 bits per heavy atom. The highest BCUT2D eigenvalue weighted by atomic mass is 16.1. The maximum atomic E-state index is 9.63. The van der Waals surface area contributed by atoms with E-state index in [9.17, 15) is 4.79 Å². The van der Waals surface area contributed by atoms with Crippen molar-refractivity contribution in [1.29, 1.82) is 0 Å². The molecular weight excluding hydrogens is 104 g/mol. The van der Waals surface area contributed by atoms with Gasteiger partial charge in [0.05, 0.1) is 0 Å². The van der Waals surface area contributed by atoms with Crippen molar-refractivity contribution >= 4 is 6.41 Å². The number of nitrogens with one attached hydrogen (secondary N) is 1. The van der Waals surface area contributed by atoms with E-state index in [1.165, 1.54) is 0 Å². The van der Waals surface area contributed by atoms with Crippen LogP contribution in [0.3, 0.4) is 0 Å². The number of hydrogen-bond acceptors (Lipinski definition) is 2. The first-order chi connectivity index (χ1) is 3.91. The van der Waals surface area contributed by atoms with Gasteiger partial charge in [-0.05, 0) is 19.4 Å². The lowest BCUT2D eigenvalue weighted by Crippen LogP contribution is -2.13. The molecule has 0 fully saturated rings. The molecule has 0 spiro atoms. The molecule has 3 nitrogen and oxygen atoms in total. The van der Waals surface area contributed by atoms with Gasteiger partial charge in [0, 0.05) is 6.54 Å². The second-order valence-corrected chi connectivity index (χ2v) is 1.57. The van der Waals surface area contributed by atoms with E-state index in [0.29, 0.717) is 13.0 Å². The summed E-state index contributed by atoms with van der Waals surface area (Å²) in [5.41, 5.74) is 5.19. The monoisotopic (exact) mass is 116 g/mol. The number of nitrogens with two attached hydrogens (primary N) is 1. The highest BCUT2D eigenvalue weighted by molar-refractivity contribution is 5.45. The molecule has 8 heavy (non-hydrogen) atoms. The normalized spacial score (nSPS) is 8.62. The Morgan fingerprint density at radius 1 is 1.50 bits per heavy atom. The highest BCUT2D eigenvalue weighted by Crippen LogP contribution is 1.79. The first-order valence-corrected chi connectivity index (χ1v) is 2.79. The molecule has 0 unspecified atom stereocenters. The van der Waals surface area contributed by atoms with Crippen LogP contribution in [0, 0.1) is 0 Å². The summed E-state index contributed by atoms with van der Waals surface area (Å²) in [7, 11) is 0. The number of amides is 1. The molecule has 0 rings (SSSR count). The maximum absolute atomic E-state index is 9.63. The zero-order valence-corrected chi connectivity index (χ0v) is 4.89. The second-order valence-electron chi connectivity index (χ2n) is 1.57. The standard InChI is InChI=1S/C5H12N2O/c6-3-1-2-4-7-5-8/h5H,1-4,6H2,(H,7,8). The highest BCUT2D eigenvalue weighted by Gasteiger charge is 1.81. The fourth-order valence-corrected chi connectivity index (χ4v) is 0.430. The topological polar surface area (TPSA) is 55.1 Å². The molecule has 0 saturated carbocycles. The van der Waals surface area contributed by atoms with E-state index in [2.05, 4.69) is 5.32 Å². The van der Waals surface area contributed by atoms with E-state index in [-0.39, 0.29) is 0 Å². The lowest BCUT2D eigenvalue weighted by Gasteiger charge is -1.93. The molecule has 0 aliphatic rings. The van der Waals surface area contributed by atoms with Crippen molar-refractivity contribution < 1.29 is 4.79 Å². The van der Waals surface area contributed by atoms with Crippen molar-refractivity contribution in [1.82, 2.24) is 5.32 Å². The van der Waals surface area contributed by atoms with Gasteiger partial charge in [-0.1, -0.05) is 0 Å². The zero-order chi connectivity index (χ0) is 6.24. The van der Waals surface area contributed by atoms with Crippen LogP contribution in [-0.4, -0.2) is 19.5 Å². The zero-order valence-electron chi connectivity index (χ0n) is 4.89. The van der Waals surface area contributed by atoms with Crippen molar-refractivity contribution in [3.8, 4) is 0 Å². The van der Waals surface area contributed by atoms with Gasteiger partial charge in [-0.2, -0.15) is 0 Å². The summed E-state index contributed by atoms with van der Waals surface area (Å²) >= 11 is 0. The first-order valence-electron chi connectivity index (χ1n) is 2.79. The van der Waals surface area contributed by atoms with Gasteiger partial charge < -0.3 is 11.1 Å². The SMILES string of the molecule is NCCCCNC=O. The van der Waals surface area contributed by atoms with Gasteiger partial charge in [-0.3, -0.25) is 4.79 Å². The van der Waals surface area contributed by atoms with Crippen molar-refractivity contribution in [2.45, 2.75) is 12.8 Å². The number of unbranched alkanes of at least 4 members (excludes halogenated alkanes) is 1. The molecular formula is C5H12N2O. The fourth-order valence-electron chi connectivity index (χ4n) is 0.430. The third kappa shape index (κ3) is 5.43. The summed E-state index contributed by atoms with van der Waals surface area (Å²) in [5, 5.41) is 2.55. The first kappa shape index (κ1) is 7.43. The van der Waals surface area contributed by atoms with E-state index >= 15 is 0 Å². The Kier molecular flexibility index (Phi) is 5.97. The summed E-state index contributed by atoms with van der Waals surface area (Å²) in [6, 6.07) is 0. The van der Waals surface area contributed by atoms with E-state index < -0.39 is 0 Å². The molecule has 0 aliphatic heterocycles. The molecule has 0 aromatic rings. The largest absolute Gasteiger partial charge is 0.359 e. The molecule has 0 aromatic heterocycles. The lowest BCUT2D eigenvalue weighted by atomic mass is 10.3. The Labute approximate surface area is 49.3 Å². The third-order valence-electron chi connectivity index (χ3n) is 0.859. The minimum Gasteiger partial charge on any atom is -0.359 e. The van der Waals surface area contributed by atoms with Gasteiger partial charge in [0.15, 0.2) is 0 Å². The van der Waals surface area contributed by atoms with Gasteiger partial charge in [-0.15, -0.1) is 0 Å². The Hall–Kier alpha value is -0.570. The van der Waals surface area contributed by atoms with Crippen molar-refractivity contribution in [2.75, 3.05) is 13.1 Å². The predicted octanol–water partition coefficient (Wildman–Crippen LogP) is -0.529. The third-order valence-corrected chi connectivity index (χ3v) is 0.859. The van der Waals surface area contributed by atoms with Crippen molar-refractivity contribution in [3.63, 3.8) is 0 Å². The van der Waals surface area contributed by atoms with Crippen LogP contribution in [0.25, 0.3) is 0 Å². The average molecular weight is 116 g/mol. The average Bonchev–Trinajstić information content (AvgIpc) is 1.81. The maximum Gasteiger partial charge on any atom is 0.207 e. The van der Waals surface area contributed by atoms with Crippen LogP contribution in [0.5, 0.6) is 0 Å². The quantitative estimate of drug-likeness (QED) is 0.375. The van der Waals surface area contributed by atoms with Crippen LogP contribution in [-0.2, 0) is 4.79 Å². The molecule has 0 aliphatic carbocycles. The second kappa shape index (κ2) is 6.43. The van der Waals surface area contributed by atoms with Crippen LogP contribution in [0.4, 0.5) is 0 Å². The molecule has 0 saturated heterocycles. The fraction of sp³-hybridized carbons (Fsp3) is 0.800. The number of carbonyl (C=O) groups is 1. The summed E-state index contributed by atoms with van der Waals surface area (Å²) in [6.07, 6.45) is 2.67. The summed E-state index contributed by atoms with van der Waals surface area (Å²) in [6.45, 7) is 1.46. The molecule has 3 N–H and O–H groups in total. The van der Waals surface area contributed by atoms with Crippen molar-refractivity contribution in [3.05, 3.63) is 0 Å². The van der Waals surface area contributed by atoms with Crippen LogP contribution < -0.4 is 11.1 Å². The molecule has 0 radical (unpaired) electrons. The minimum atomic E-state index is 0.705. The van der Waals surface area contributed by atoms with E-state index in [1.807, 2.05) is 0 Å². The Bertz CT molecular complexity index is 56.4. The summed E-state index contributed by atoms with van der Waals surface area (Å²) < 4.78 is 0. The van der Waals surface area contributed by atoms with Crippen LogP contribution in [0.2, 0.25) is 0 Å². The molecule has 0 bridgehead atoms. The van der Waals surface area contributed by atoms with E-state index in [0.717, 1.165) is 19.4 Å². The predicted molar refractivity (Wildman–Crippen MR) is 32.4 cm³/mol. The molecule has 0 aromatic carbocycles. The molecule has 3 heteroatoms. The van der Waals surface area contributed by atoms with Crippen LogP contribution >= 0.6 is 0 Å². The molecule has 1 amide bonds. The van der Waals surface area contributed by atoms with Gasteiger partial charge >= 0.3 is 0 Å². The number of hydrogen-bond donors (Lipinski definition) is 2.